The summed E-state index contributed by atoms with van der Waals surface area (Å²) in [6, 6.07) is 10.3. The zero-order chi connectivity index (χ0) is 17.7. The van der Waals surface area contributed by atoms with E-state index in [1.165, 1.54) is 18.3 Å². The van der Waals surface area contributed by atoms with Crippen molar-refractivity contribution in [1.29, 1.82) is 0 Å². The fourth-order valence-electron chi connectivity index (χ4n) is 2.04. The SMILES string of the molecule is CC(C)(C)c1ccc(NC(=O)COC(=O)c2ccc[nH]c2=O)cc1. The van der Waals surface area contributed by atoms with Crippen LogP contribution in [0.3, 0.4) is 0 Å². The Morgan fingerprint density at radius 3 is 2.38 bits per heavy atom. The summed E-state index contributed by atoms with van der Waals surface area (Å²) in [5, 5.41) is 2.64. The lowest BCUT2D eigenvalue weighted by atomic mass is 9.87. The number of amides is 1. The van der Waals surface area contributed by atoms with Gasteiger partial charge in [-0.25, -0.2) is 4.79 Å². The first kappa shape index (κ1) is 17.5. The highest BCUT2D eigenvalue weighted by atomic mass is 16.5. The number of hydrogen-bond donors (Lipinski definition) is 2. The minimum atomic E-state index is -0.838. The molecule has 0 fully saturated rings. The summed E-state index contributed by atoms with van der Waals surface area (Å²) in [6.45, 7) is 5.84. The first-order valence-corrected chi connectivity index (χ1v) is 7.52. The largest absolute Gasteiger partial charge is 0.452 e. The summed E-state index contributed by atoms with van der Waals surface area (Å²) in [7, 11) is 0. The van der Waals surface area contributed by atoms with Crippen LogP contribution >= 0.6 is 0 Å². The fraction of sp³-hybridized carbons (Fsp3) is 0.278. The van der Waals surface area contributed by atoms with E-state index in [9.17, 15) is 14.4 Å². The molecule has 6 nitrogen and oxygen atoms in total. The lowest BCUT2D eigenvalue weighted by Gasteiger charge is -2.19. The molecule has 0 unspecified atom stereocenters. The van der Waals surface area contributed by atoms with Crippen LogP contribution < -0.4 is 10.9 Å². The predicted octanol–water partition coefficient (Wildman–Crippen LogP) is 2.47. The number of pyridine rings is 1. The second-order valence-corrected chi connectivity index (χ2v) is 6.36. The van der Waals surface area contributed by atoms with Crippen LogP contribution in [0.5, 0.6) is 0 Å². The Hall–Kier alpha value is -2.89. The van der Waals surface area contributed by atoms with Gasteiger partial charge in [-0.05, 0) is 35.2 Å². The van der Waals surface area contributed by atoms with Crippen molar-refractivity contribution in [3.8, 4) is 0 Å². The summed E-state index contributed by atoms with van der Waals surface area (Å²) < 4.78 is 4.85. The van der Waals surface area contributed by atoms with Crippen LogP contribution in [0.25, 0.3) is 0 Å². The summed E-state index contributed by atoms with van der Waals surface area (Å²) in [6.07, 6.45) is 1.41. The van der Waals surface area contributed by atoms with Crippen molar-refractivity contribution in [3.63, 3.8) is 0 Å². The van der Waals surface area contributed by atoms with Crippen LogP contribution in [0.4, 0.5) is 5.69 Å². The van der Waals surface area contributed by atoms with Crippen LogP contribution in [0, 0.1) is 0 Å². The number of anilines is 1. The van der Waals surface area contributed by atoms with Gasteiger partial charge >= 0.3 is 5.97 Å². The van der Waals surface area contributed by atoms with Crippen LogP contribution in [0.15, 0.2) is 47.4 Å². The maximum Gasteiger partial charge on any atom is 0.344 e. The quantitative estimate of drug-likeness (QED) is 0.844. The van der Waals surface area contributed by atoms with Gasteiger partial charge in [-0.15, -0.1) is 0 Å². The third kappa shape index (κ3) is 4.55. The maximum absolute atomic E-state index is 11.8. The molecule has 1 aromatic carbocycles. The molecule has 1 heterocycles. The molecular weight excluding hydrogens is 308 g/mol. The highest BCUT2D eigenvalue weighted by molar-refractivity contribution is 5.95. The predicted molar refractivity (Wildman–Crippen MR) is 91.1 cm³/mol. The van der Waals surface area contributed by atoms with Crippen LogP contribution in [-0.4, -0.2) is 23.5 Å². The molecule has 2 N–H and O–H groups in total. The van der Waals surface area contributed by atoms with Crippen molar-refractivity contribution in [2.45, 2.75) is 26.2 Å². The third-order valence-corrected chi connectivity index (χ3v) is 3.41. The standard InChI is InChI=1S/C18H20N2O4/c1-18(2,3)12-6-8-13(9-7-12)20-15(21)11-24-17(23)14-5-4-10-19-16(14)22/h4-10H,11H2,1-3H3,(H,19,22)(H,20,21). The van der Waals surface area contributed by atoms with Crippen LogP contribution in [0.1, 0.15) is 36.7 Å². The van der Waals surface area contributed by atoms with E-state index in [0.29, 0.717) is 5.69 Å². The van der Waals surface area contributed by atoms with E-state index in [0.717, 1.165) is 5.56 Å². The Labute approximate surface area is 139 Å². The third-order valence-electron chi connectivity index (χ3n) is 3.41. The molecule has 0 radical (unpaired) electrons. The Bertz CT molecular complexity index is 786. The number of benzene rings is 1. The Morgan fingerprint density at radius 2 is 1.79 bits per heavy atom. The van der Waals surface area contributed by atoms with Gasteiger partial charge in [0, 0.05) is 11.9 Å². The van der Waals surface area contributed by atoms with Crippen molar-refractivity contribution in [1.82, 2.24) is 4.98 Å². The number of rotatable bonds is 4. The average molecular weight is 328 g/mol. The lowest BCUT2D eigenvalue weighted by molar-refractivity contribution is -0.119. The number of hydrogen-bond acceptors (Lipinski definition) is 4. The van der Waals surface area contributed by atoms with E-state index in [-0.39, 0.29) is 11.0 Å². The zero-order valence-electron chi connectivity index (χ0n) is 13.9. The molecule has 0 spiro atoms. The summed E-state index contributed by atoms with van der Waals surface area (Å²) in [4.78, 5) is 37.4. The molecule has 1 aromatic heterocycles. The zero-order valence-corrected chi connectivity index (χ0v) is 13.9. The van der Waals surface area contributed by atoms with Gasteiger partial charge in [-0.1, -0.05) is 32.9 Å². The van der Waals surface area contributed by atoms with Gasteiger partial charge in [-0.2, -0.15) is 0 Å². The van der Waals surface area contributed by atoms with Crippen molar-refractivity contribution in [2.24, 2.45) is 0 Å². The molecule has 0 saturated heterocycles. The highest BCUT2D eigenvalue weighted by Gasteiger charge is 2.15. The first-order chi connectivity index (χ1) is 11.3. The number of carbonyl (C=O) groups is 2. The molecule has 24 heavy (non-hydrogen) atoms. The first-order valence-electron chi connectivity index (χ1n) is 7.52. The number of nitrogens with one attached hydrogen (secondary N) is 2. The van der Waals surface area contributed by atoms with Crippen molar-refractivity contribution < 1.29 is 14.3 Å². The topological polar surface area (TPSA) is 88.3 Å². The Balaban J connectivity index is 1.91. The minimum Gasteiger partial charge on any atom is -0.452 e. The van der Waals surface area contributed by atoms with Crippen molar-refractivity contribution in [2.75, 3.05) is 11.9 Å². The molecule has 6 heteroatoms. The molecule has 0 aliphatic heterocycles. The molecule has 126 valence electrons. The second-order valence-electron chi connectivity index (χ2n) is 6.36. The van der Waals surface area contributed by atoms with E-state index in [4.69, 9.17) is 4.74 Å². The smallest absolute Gasteiger partial charge is 0.344 e. The van der Waals surface area contributed by atoms with Crippen molar-refractivity contribution >= 4 is 17.6 Å². The Morgan fingerprint density at radius 1 is 1.12 bits per heavy atom. The molecule has 0 saturated carbocycles. The number of carbonyl (C=O) groups excluding carboxylic acids is 2. The number of esters is 1. The van der Waals surface area contributed by atoms with Gasteiger partial charge in [0.1, 0.15) is 5.56 Å². The maximum atomic E-state index is 11.8. The molecular formula is C18H20N2O4. The second kappa shape index (κ2) is 7.12. The number of H-pyrrole nitrogens is 1. The summed E-state index contributed by atoms with van der Waals surface area (Å²) in [5.74, 6) is -1.31. The van der Waals surface area contributed by atoms with Gasteiger partial charge in [0.05, 0.1) is 0 Å². The van der Waals surface area contributed by atoms with E-state index in [2.05, 4.69) is 31.1 Å². The normalized spacial score (nSPS) is 11.0. The van der Waals surface area contributed by atoms with Gasteiger partial charge in [0.2, 0.25) is 0 Å². The van der Waals surface area contributed by atoms with Crippen LogP contribution in [-0.2, 0) is 14.9 Å². The molecule has 1 amide bonds. The molecule has 0 aliphatic carbocycles. The summed E-state index contributed by atoms with van der Waals surface area (Å²) >= 11 is 0. The van der Waals surface area contributed by atoms with Gasteiger partial charge in [0.25, 0.3) is 11.5 Å². The van der Waals surface area contributed by atoms with E-state index in [1.54, 1.807) is 12.1 Å². The highest BCUT2D eigenvalue weighted by Crippen LogP contribution is 2.23. The number of aromatic amines is 1. The molecule has 0 atom stereocenters. The molecule has 2 rings (SSSR count). The average Bonchev–Trinajstić information content (AvgIpc) is 2.53. The number of ether oxygens (including phenoxy) is 1. The molecule has 2 aromatic rings. The van der Waals surface area contributed by atoms with Crippen molar-refractivity contribution in [3.05, 3.63) is 64.1 Å². The van der Waals surface area contributed by atoms with Gasteiger partial charge in [0.15, 0.2) is 6.61 Å². The molecule has 0 bridgehead atoms. The van der Waals surface area contributed by atoms with Gasteiger partial charge < -0.3 is 15.0 Å². The van der Waals surface area contributed by atoms with E-state index < -0.39 is 24.0 Å². The summed E-state index contributed by atoms with van der Waals surface area (Å²) in [5.41, 5.74) is 1.10. The van der Waals surface area contributed by atoms with E-state index in [1.807, 2.05) is 12.1 Å². The Kier molecular flexibility index (Phi) is 5.18. The lowest BCUT2D eigenvalue weighted by Crippen LogP contribution is -2.24. The molecule has 0 aliphatic rings. The monoisotopic (exact) mass is 328 g/mol. The fourth-order valence-corrected chi connectivity index (χ4v) is 2.04. The number of aromatic nitrogens is 1. The van der Waals surface area contributed by atoms with Crippen LogP contribution in [0.2, 0.25) is 0 Å². The van der Waals surface area contributed by atoms with E-state index >= 15 is 0 Å². The van der Waals surface area contributed by atoms with Gasteiger partial charge in [-0.3, -0.25) is 9.59 Å². The minimum absolute atomic E-state index is 0.0286.